The second-order valence-corrected chi connectivity index (χ2v) is 7.67. The molecule has 5 rings (SSSR count). The molecule has 0 saturated carbocycles. The molecule has 0 aromatic carbocycles. The molecular weight excluding hydrogens is 400 g/mol. The minimum Gasteiger partial charge on any atom is -0.358 e. The number of H-pyrrole nitrogens is 1. The predicted octanol–water partition coefficient (Wildman–Crippen LogP) is 3.97. The third-order valence-electron chi connectivity index (χ3n) is 4.43. The Labute approximate surface area is 168 Å². The van der Waals surface area contributed by atoms with Crippen molar-refractivity contribution < 1.29 is 4.52 Å². The average Bonchev–Trinajstić information content (AvgIpc) is 3.35. The van der Waals surface area contributed by atoms with Crippen molar-refractivity contribution in [3.05, 3.63) is 46.4 Å². The van der Waals surface area contributed by atoms with Gasteiger partial charge in [0.2, 0.25) is 5.95 Å². The molecule has 9 nitrogen and oxygen atoms in total. The van der Waals surface area contributed by atoms with Gasteiger partial charge in [-0.25, -0.2) is 9.97 Å². The Morgan fingerprint density at radius 3 is 2.93 bits per heavy atom. The molecule has 0 amide bonds. The SMILES string of the molecule is Cc1cc(Nc2cc(Cl)nc(N3CC[C@H]3c3cc(-c4nccs4)no3)n2)n[nH]1. The first-order chi connectivity index (χ1) is 13.7. The number of hydrogen-bond acceptors (Lipinski definition) is 9. The molecule has 1 aliphatic rings. The highest BCUT2D eigenvalue weighted by Gasteiger charge is 2.35. The summed E-state index contributed by atoms with van der Waals surface area (Å²) < 4.78 is 5.56. The molecule has 1 saturated heterocycles. The number of aromatic amines is 1. The Kier molecular flexibility index (Phi) is 4.21. The fourth-order valence-corrected chi connectivity index (χ4v) is 3.80. The number of nitrogens with one attached hydrogen (secondary N) is 2. The normalized spacial score (nSPS) is 16.2. The van der Waals surface area contributed by atoms with Crippen LogP contribution in [0.1, 0.15) is 23.9 Å². The van der Waals surface area contributed by atoms with Gasteiger partial charge in [-0.2, -0.15) is 10.1 Å². The van der Waals surface area contributed by atoms with Crippen LogP contribution in [0.2, 0.25) is 5.15 Å². The highest BCUT2D eigenvalue weighted by atomic mass is 35.5. The number of nitrogens with zero attached hydrogens (tertiary/aromatic N) is 6. The molecule has 0 radical (unpaired) electrons. The van der Waals surface area contributed by atoms with Crippen molar-refractivity contribution in [3.63, 3.8) is 0 Å². The van der Waals surface area contributed by atoms with Crippen molar-refractivity contribution in [2.75, 3.05) is 16.8 Å². The molecule has 0 aliphatic carbocycles. The van der Waals surface area contributed by atoms with Crippen molar-refractivity contribution >= 4 is 40.5 Å². The van der Waals surface area contributed by atoms with Crippen molar-refractivity contribution in [1.82, 2.24) is 30.3 Å². The maximum Gasteiger partial charge on any atom is 0.229 e. The highest BCUT2D eigenvalue weighted by molar-refractivity contribution is 7.13. The molecule has 142 valence electrons. The highest BCUT2D eigenvalue weighted by Crippen LogP contribution is 2.38. The van der Waals surface area contributed by atoms with Gasteiger partial charge in [0.15, 0.2) is 11.6 Å². The van der Waals surface area contributed by atoms with Gasteiger partial charge in [0.25, 0.3) is 0 Å². The largest absolute Gasteiger partial charge is 0.358 e. The van der Waals surface area contributed by atoms with Crippen LogP contribution in [-0.4, -0.2) is 36.9 Å². The Morgan fingerprint density at radius 1 is 1.29 bits per heavy atom. The van der Waals surface area contributed by atoms with Gasteiger partial charge in [-0.3, -0.25) is 5.10 Å². The lowest BCUT2D eigenvalue weighted by Gasteiger charge is -2.39. The van der Waals surface area contributed by atoms with Gasteiger partial charge in [0.05, 0.1) is 6.04 Å². The molecule has 11 heteroatoms. The van der Waals surface area contributed by atoms with Crippen molar-refractivity contribution in [2.45, 2.75) is 19.4 Å². The van der Waals surface area contributed by atoms with Crippen LogP contribution in [0.3, 0.4) is 0 Å². The maximum atomic E-state index is 6.22. The van der Waals surface area contributed by atoms with E-state index >= 15 is 0 Å². The van der Waals surface area contributed by atoms with Crippen LogP contribution < -0.4 is 10.2 Å². The lowest BCUT2D eigenvalue weighted by Crippen LogP contribution is -2.42. The van der Waals surface area contributed by atoms with Crippen LogP contribution in [0.5, 0.6) is 0 Å². The van der Waals surface area contributed by atoms with Gasteiger partial charge >= 0.3 is 0 Å². The predicted molar refractivity (Wildman–Crippen MR) is 106 cm³/mol. The van der Waals surface area contributed by atoms with Crippen LogP contribution in [0.25, 0.3) is 10.7 Å². The monoisotopic (exact) mass is 414 g/mol. The minimum atomic E-state index is 0.0140. The van der Waals surface area contributed by atoms with E-state index in [0.717, 1.165) is 35.1 Å². The number of aryl methyl sites for hydroxylation is 1. The average molecular weight is 415 g/mol. The van der Waals surface area contributed by atoms with Gasteiger partial charge in [-0.1, -0.05) is 16.8 Å². The van der Waals surface area contributed by atoms with E-state index in [1.54, 1.807) is 12.3 Å². The fraction of sp³-hybridized carbons (Fsp3) is 0.235. The van der Waals surface area contributed by atoms with E-state index in [-0.39, 0.29) is 6.04 Å². The molecule has 28 heavy (non-hydrogen) atoms. The summed E-state index contributed by atoms with van der Waals surface area (Å²) in [7, 11) is 0. The molecule has 1 aliphatic heterocycles. The van der Waals surface area contributed by atoms with E-state index in [2.05, 4.69) is 35.6 Å². The first kappa shape index (κ1) is 17.1. The third kappa shape index (κ3) is 3.20. The van der Waals surface area contributed by atoms with Crippen LogP contribution in [0.4, 0.5) is 17.6 Å². The summed E-state index contributed by atoms with van der Waals surface area (Å²) in [5.74, 6) is 2.54. The molecule has 4 aromatic rings. The van der Waals surface area contributed by atoms with Crippen LogP contribution in [0.15, 0.2) is 34.3 Å². The number of thiazole rings is 1. The number of aromatic nitrogens is 6. The minimum absolute atomic E-state index is 0.0140. The van der Waals surface area contributed by atoms with E-state index in [4.69, 9.17) is 16.1 Å². The second-order valence-electron chi connectivity index (χ2n) is 6.39. The fourth-order valence-electron chi connectivity index (χ4n) is 3.03. The molecule has 5 heterocycles. The Balaban J connectivity index is 1.38. The van der Waals surface area contributed by atoms with E-state index in [9.17, 15) is 0 Å². The molecule has 0 bridgehead atoms. The number of hydrogen-bond donors (Lipinski definition) is 2. The zero-order valence-electron chi connectivity index (χ0n) is 14.8. The third-order valence-corrected chi connectivity index (χ3v) is 5.42. The Morgan fingerprint density at radius 2 is 2.21 bits per heavy atom. The quantitative estimate of drug-likeness (QED) is 0.472. The Bertz CT molecular complexity index is 1110. The van der Waals surface area contributed by atoms with Gasteiger partial charge < -0.3 is 14.7 Å². The number of halogens is 1. The van der Waals surface area contributed by atoms with Gasteiger partial charge in [0.1, 0.15) is 21.7 Å². The van der Waals surface area contributed by atoms with Crippen molar-refractivity contribution in [2.24, 2.45) is 0 Å². The molecular formula is C17H15ClN8OS. The summed E-state index contributed by atoms with van der Waals surface area (Å²) in [4.78, 5) is 15.3. The lowest BCUT2D eigenvalue weighted by atomic mass is 10.0. The van der Waals surface area contributed by atoms with Gasteiger partial charge in [0, 0.05) is 42.0 Å². The summed E-state index contributed by atoms with van der Waals surface area (Å²) in [6, 6.07) is 5.49. The molecule has 4 aromatic heterocycles. The van der Waals surface area contributed by atoms with Gasteiger partial charge in [-0.05, 0) is 13.3 Å². The zero-order valence-corrected chi connectivity index (χ0v) is 16.3. The molecule has 0 spiro atoms. The summed E-state index contributed by atoms with van der Waals surface area (Å²) in [6.07, 6.45) is 2.67. The number of rotatable bonds is 5. The number of anilines is 3. The second kappa shape index (κ2) is 6.88. The summed E-state index contributed by atoms with van der Waals surface area (Å²) >= 11 is 7.75. The molecule has 2 N–H and O–H groups in total. The molecule has 0 unspecified atom stereocenters. The van der Waals surface area contributed by atoms with E-state index in [1.807, 2.05) is 29.3 Å². The van der Waals surface area contributed by atoms with E-state index in [0.29, 0.717) is 22.7 Å². The summed E-state index contributed by atoms with van der Waals surface area (Å²) in [5, 5.41) is 17.4. The van der Waals surface area contributed by atoms with E-state index in [1.165, 1.54) is 11.3 Å². The molecule has 1 fully saturated rings. The van der Waals surface area contributed by atoms with Crippen LogP contribution in [-0.2, 0) is 0 Å². The van der Waals surface area contributed by atoms with Crippen LogP contribution in [0, 0.1) is 6.92 Å². The Hall–Kier alpha value is -2.98. The van der Waals surface area contributed by atoms with Gasteiger partial charge in [-0.15, -0.1) is 11.3 Å². The standard InChI is InChI=1S/C17H15ClN8OS/c1-9-6-15(24-23-9)21-14-8-13(18)20-17(22-14)26-4-2-11(26)12-7-10(25-27-12)16-19-3-5-28-16/h3,5-8,11H,2,4H2,1H3,(H2,20,21,22,23,24)/t11-/m0/s1. The molecule has 1 atom stereocenters. The first-order valence-electron chi connectivity index (χ1n) is 8.62. The summed E-state index contributed by atoms with van der Waals surface area (Å²) in [6.45, 7) is 2.73. The topological polar surface area (TPSA) is 109 Å². The van der Waals surface area contributed by atoms with Crippen molar-refractivity contribution in [1.29, 1.82) is 0 Å². The zero-order chi connectivity index (χ0) is 19.1. The summed E-state index contributed by atoms with van der Waals surface area (Å²) in [5.41, 5.74) is 1.69. The van der Waals surface area contributed by atoms with Crippen molar-refractivity contribution in [3.8, 4) is 10.7 Å². The first-order valence-corrected chi connectivity index (χ1v) is 9.88. The van der Waals surface area contributed by atoms with E-state index < -0.39 is 0 Å². The lowest BCUT2D eigenvalue weighted by molar-refractivity contribution is 0.315. The van der Waals surface area contributed by atoms with Crippen LogP contribution >= 0.6 is 22.9 Å². The maximum absolute atomic E-state index is 6.22. The smallest absolute Gasteiger partial charge is 0.229 e.